The van der Waals surface area contributed by atoms with Crippen molar-refractivity contribution in [3.05, 3.63) is 33.4 Å². The number of carbonyl (C=O) groups excluding carboxylic acids is 1. The van der Waals surface area contributed by atoms with E-state index < -0.39 is 10.9 Å². The maximum Gasteiger partial charge on any atom is 0.338 e. The van der Waals surface area contributed by atoms with Gasteiger partial charge in [0.05, 0.1) is 23.2 Å². The number of esters is 1. The quantitative estimate of drug-likeness (QED) is 0.464. The first-order valence-electron chi connectivity index (χ1n) is 6.15. The Kier molecular flexibility index (Phi) is 3.69. The molecule has 102 valence electrons. The molecule has 0 radical (unpaired) electrons. The molecule has 0 aliphatic heterocycles. The molecule has 0 bridgehead atoms. The van der Waals surface area contributed by atoms with Crippen LogP contribution in [-0.2, 0) is 4.74 Å². The molecule has 0 saturated heterocycles. The van der Waals surface area contributed by atoms with Crippen molar-refractivity contribution in [3.8, 4) is 5.75 Å². The summed E-state index contributed by atoms with van der Waals surface area (Å²) in [4.78, 5) is 22.2. The second-order valence-corrected chi connectivity index (χ2v) is 4.43. The van der Waals surface area contributed by atoms with Crippen LogP contribution in [0.25, 0.3) is 0 Å². The van der Waals surface area contributed by atoms with E-state index >= 15 is 0 Å². The Bertz CT molecular complexity index is 522. The number of carbonyl (C=O) groups is 1. The van der Waals surface area contributed by atoms with E-state index in [2.05, 4.69) is 0 Å². The molecule has 1 aliphatic carbocycles. The second kappa shape index (κ2) is 5.26. The summed E-state index contributed by atoms with van der Waals surface area (Å²) in [6, 6.07) is 2.76. The summed E-state index contributed by atoms with van der Waals surface area (Å²) in [6.07, 6.45) is 1.80. The van der Waals surface area contributed by atoms with E-state index in [1.165, 1.54) is 12.1 Å². The van der Waals surface area contributed by atoms with Gasteiger partial charge in [0.25, 0.3) is 0 Å². The van der Waals surface area contributed by atoms with Gasteiger partial charge in [0, 0.05) is 12.1 Å². The molecule has 6 nitrogen and oxygen atoms in total. The third-order valence-corrected chi connectivity index (χ3v) is 2.82. The highest BCUT2D eigenvalue weighted by Crippen LogP contribution is 2.35. The molecule has 0 heterocycles. The number of ether oxygens (including phenoxy) is 2. The highest BCUT2D eigenvalue weighted by molar-refractivity contribution is 5.92. The molecule has 0 spiro atoms. The van der Waals surface area contributed by atoms with Crippen molar-refractivity contribution in [3.63, 3.8) is 0 Å². The summed E-state index contributed by atoms with van der Waals surface area (Å²) >= 11 is 0. The van der Waals surface area contributed by atoms with Crippen LogP contribution in [0.3, 0.4) is 0 Å². The Morgan fingerprint density at radius 1 is 1.47 bits per heavy atom. The summed E-state index contributed by atoms with van der Waals surface area (Å²) in [5.74, 6) is -0.350. The van der Waals surface area contributed by atoms with Crippen molar-refractivity contribution >= 4 is 11.7 Å². The largest absolute Gasteiger partial charge is 0.483 e. The first kappa shape index (κ1) is 13.3. The fourth-order valence-corrected chi connectivity index (χ4v) is 1.70. The van der Waals surface area contributed by atoms with Crippen LogP contribution in [-0.4, -0.2) is 23.6 Å². The van der Waals surface area contributed by atoms with E-state index in [0.29, 0.717) is 11.1 Å². The van der Waals surface area contributed by atoms with Crippen molar-refractivity contribution in [2.24, 2.45) is 0 Å². The molecular formula is C13H15NO5. The molecule has 2 rings (SSSR count). The monoisotopic (exact) mass is 265 g/mol. The number of nitro benzene ring substituents is 1. The predicted molar refractivity (Wildman–Crippen MR) is 67.4 cm³/mol. The molecule has 0 N–H and O–H groups in total. The zero-order chi connectivity index (χ0) is 14.0. The number of hydrogen-bond donors (Lipinski definition) is 0. The molecular weight excluding hydrogens is 250 g/mol. The Morgan fingerprint density at radius 3 is 2.68 bits per heavy atom. The summed E-state index contributed by atoms with van der Waals surface area (Å²) in [5, 5.41) is 11.0. The number of hydrogen-bond acceptors (Lipinski definition) is 5. The maximum absolute atomic E-state index is 11.8. The lowest BCUT2D eigenvalue weighted by Crippen LogP contribution is -2.09. The number of rotatable bonds is 5. The van der Waals surface area contributed by atoms with Crippen LogP contribution in [0, 0.1) is 17.0 Å². The number of aryl methyl sites for hydroxylation is 1. The van der Waals surface area contributed by atoms with Crippen LogP contribution in [0.15, 0.2) is 12.1 Å². The molecule has 0 atom stereocenters. The molecule has 0 amide bonds. The zero-order valence-electron chi connectivity index (χ0n) is 10.8. The average molecular weight is 265 g/mol. The van der Waals surface area contributed by atoms with Gasteiger partial charge in [-0.05, 0) is 32.3 Å². The van der Waals surface area contributed by atoms with Crippen LogP contribution < -0.4 is 4.74 Å². The predicted octanol–water partition coefficient (Wildman–Crippen LogP) is 2.62. The van der Waals surface area contributed by atoms with Gasteiger partial charge >= 0.3 is 11.7 Å². The lowest BCUT2D eigenvalue weighted by molar-refractivity contribution is -0.386. The van der Waals surface area contributed by atoms with E-state index in [1.54, 1.807) is 13.8 Å². The summed E-state index contributed by atoms with van der Waals surface area (Å²) in [7, 11) is 0. The fraction of sp³-hybridized carbons (Fsp3) is 0.462. The van der Waals surface area contributed by atoms with Gasteiger partial charge < -0.3 is 9.47 Å². The topological polar surface area (TPSA) is 78.7 Å². The summed E-state index contributed by atoms with van der Waals surface area (Å²) in [5.41, 5.74) is 0.703. The van der Waals surface area contributed by atoms with Crippen molar-refractivity contribution in [2.75, 3.05) is 6.61 Å². The second-order valence-electron chi connectivity index (χ2n) is 4.43. The molecule has 1 aliphatic rings. The molecule has 19 heavy (non-hydrogen) atoms. The zero-order valence-corrected chi connectivity index (χ0v) is 10.8. The van der Waals surface area contributed by atoms with E-state index in [9.17, 15) is 14.9 Å². The van der Waals surface area contributed by atoms with Crippen LogP contribution in [0.2, 0.25) is 0 Å². The first-order chi connectivity index (χ1) is 9.02. The molecule has 0 aromatic heterocycles. The van der Waals surface area contributed by atoms with Crippen molar-refractivity contribution < 1.29 is 19.2 Å². The Morgan fingerprint density at radius 2 is 2.16 bits per heavy atom. The van der Waals surface area contributed by atoms with Gasteiger partial charge in [-0.25, -0.2) is 4.79 Å². The molecule has 0 unspecified atom stereocenters. The number of nitro groups is 1. The smallest absolute Gasteiger partial charge is 0.338 e. The highest BCUT2D eigenvalue weighted by Gasteiger charge is 2.29. The van der Waals surface area contributed by atoms with Gasteiger partial charge in [-0.3, -0.25) is 10.1 Å². The van der Waals surface area contributed by atoms with Crippen LogP contribution in [0.4, 0.5) is 5.69 Å². The highest BCUT2D eigenvalue weighted by atomic mass is 16.6. The van der Waals surface area contributed by atoms with E-state index in [4.69, 9.17) is 9.47 Å². The minimum atomic E-state index is -0.500. The summed E-state index contributed by atoms with van der Waals surface area (Å²) < 4.78 is 10.4. The Hall–Kier alpha value is -2.11. The fourth-order valence-electron chi connectivity index (χ4n) is 1.70. The Balaban J connectivity index is 2.39. The standard InChI is InChI=1S/C13H15NO5/c1-3-18-13(15)10-7-12(19-9-4-5-9)11(14(16)17)6-8(10)2/h6-7,9H,3-5H2,1-2H3. The molecule has 1 saturated carbocycles. The average Bonchev–Trinajstić information content (AvgIpc) is 3.14. The molecule has 1 aromatic carbocycles. The van der Waals surface area contributed by atoms with Gasteiger partial charge in [-0.15, -0.1) is 0 Å². The molecule has 6 heteroatoms. The lowest BCUT2D eigenvalue weighted by atomic mass is 10.1. The minimum absolute atomic E-state index is 0.0245. The van der Waals surface area contributed by atoms with Gasteiger partial charge in [0.15, 0.2) is 5.75 Å². The van der Waals surface area contributed by atoms with Crippen molar-refractivity contribution in [1.82, 2.24) is 0 Å². The van der Waals surface area contributed by atoms with Gasteiger partial charge in [-0.2, -0.15) is 0 Å². The van der Waals surface area contributed by atoms with Crippen LogP contribution >= 0.6 is 0 Å². The van der Waals surface area contributed by atoms with E-state index in [0.717, 1.165) is 12.8 Å². The van der Waals surface area contributed by atoms with Crippen LogP contribution in [0.1, 0.15) is 35.7 Å². The third kappa shape index (κ3) is 3.01. The number of nitrogens with zero attached hydrogens (tertiary/aromatic N) is 1. The lowest BCUT2D eigenvalue weighted by Gasteiger charge is -2.10. The number of benzene rings is 1. The Labute approximate surface area is 110 Å². The normalized spacial score (nSPS) is 14.0. The van der Waals surface area contributed by atoms with E-state index in [1.807, 2.05) is 0 Å². The molecule has 1 aromatic rings. The first-order valence-corrected chi connectivity index (χ1v) is 6.15. The van der Waals surface area contributed by atoms with Gasteiger partial charge in [0.1, 0.15) is 0 Å². The van der Waals surface area contributed by atoms with Crippen molar-refractivity contribution in [2.45, 2.75) is 32.8 Å². The van der Waals surface area contributed by atoms with Gasteiger partial charge in [0.2, 0.25) is 0 Å². The SMILES string of the molecule is CCOC(=O)c1cc(OC2CC2)c([N+](=O)[O-])cc1C. The van der Waals surface area contributed by atoms with E-state index in [-0.39, 0.29) is 24.1 Å². The minimum Gasteiger partial charge on any atom is -0.483 e. The van der Waals surface area contributed by atoms with Gasteiger partial charge in [-0.1, -0.05) is 0 Å². The third-order valence-electron chi connectivity index (χ3n) is 2.82. The maximum atomic E-state index is 11.8. The van der Waals surface area contributed by atoms with Crippen molar-refractivity contribution in [1.29, 1.82) is 0 Å². The van der Waals surface area contributed by atoms with Crippen LogP contribution in [0.5, 0.6) is 5.75 Å². The molecule has 1 fully saturated rings. The summed E-state index contributed by atoms with van der Waals surface area (Å²) in [6.45, 7) is 3.61.